The Kier molecular flexibility index (Phi) is 9.52. The second kappa shape index (κ2) is 13.5. The summed E-state index contributed by atoms with van der Waals surface area (Å²) in [6, 6.07) is 40.7. The number of aromatic nitrogens is 1. The Bertz CT molecular complexity index is 1990. The van der Waals surface area contributed by atoms with Gasteiger partial charge in [0.1, 0.15) is 11.3 Å². The fraction of sp³-hybridized carbons (Fsp3) is 0.179. The summed E-state index contributed by atoms with van der Waals surface area (Å²) in [6.07, 6.45) is 5.97. The summed E-state index contributed by atoms with van der Waals surface area (Å²) < 4.78 is 10.1. The van der Waals surface area contributed by atoms with Crippen molar-refractivity contribution in [3.63, 3.8) is 0 Å². The van der Waals surface area contributed by atoms with E-state index in [2.05, 4.69) is 91.9 Å². The van der Waals surface area contributed by atoms with Crippen molar-refractivity contribution >= 4 is 39.3 Å². The summed E-state index contributed by atoms with van der Waals surface area (Å²) in [5.74, 6) is 0.864. The zero-order valence-electron chi connectivity index (χ0n) is 25.6. The first-order chi connectivity index (χ1) is 20.9. The number of benzene rings is 4. The standard InChI is InChI=1S/C27H25N2O.C12H10N.Ir/c1-18(2)21-9-7-10-22(19(3)4)27(21)29-15-14-28(17-29)20-12-13-24-23-8-5-6-11-25(23)30-26(24)16-20;1-10-7-8-12(13-9-10)11-5-3-2-4-6-11;/h5-11,13-16,18-19H,1-4H3;2-5,7-9H,1H3;/q+1;-1;. The summed E-state index contributed by atoms with van der Waals surface area (Å²) >= 11 is 0. The molecule has 1 aliphatic heterocycles. The molecule has 4 aromatic carbocycles. The van der Waals surface area contributed by atoms with E-state index < -0.39 is 0 Å². The number of rotatable bonds is 5. The predicted octanol–water partition coefficient (Wildman–Crippen LogP) is 10.1. The Morgan fingerprint density at radius 2 is 1.48 bits per heavy atom. The molecule has 44 heavy (non-hydrogen) atoms. The van der Waals surface area contributed by atoms with Crippen LogP contribution in [0.15, 0.2) is 114 Å². The first-order valence-corrected chi connectivity index (χ1v) is 14.8. The maximum Gasteiger partial charge on any atom is 0.499 e. The zero-order chi connectivity index (χ0) is 29.9. The molecular weight excluding hydrogens is 719 g/mol. The van der Waals surface area contributed by atoms with E-state index in [1.807, 2.05) is 84.6 Å². The number of fused-ring (bicyclic) bond motifs is 3. The number of pyridine rings is 1. The molecule has 0 atom stereocenters. The Labute approximate surface area is 273 Å². The second-order valence-corrected chi connectivity index (χ2v) is 11.4. The zero-order valence-corrected chi connectivity index (χ0v) is 28.0. The topological polar surface area (TPSA) is 32.0 Å². The average molecular weight is 754 g/mol. The van der Waals surface area contributed by atoms with Crippen LogP contribution < -0.4 is 0 Å². The average Bonchev–Trinajstić information content (AvgIpc) is 3.67. The molecule has 1 aliphatic rings. The van der Waals surface area contributed by atoms with E-state index in [4.69, 9.17) is 4.42 Å². The molecule has 0 unspecified atom stereocenters. The number of para-hydroxylation sites is 2. The van der Waals surface area contributed by atoms with E-state index in [1.165, 1.54) is 22.4 Å². The predicted molar refractivity (Wildman–Crippen MR) is 174 cm³/mol. The van der Waals surface area contributed by atoms with Crippen LogP contribution in [0, 0.1) is 19.1 Å². The Morgan fingerprint density at radius 3 is 2.16 bits per heavy atom. The van der Waals surface area contributed by atoms with Crippen LogP contribution in [0.1, 0.15) is 56.2 Å². The summed E-state index contributed by atoms with van der Waals surface area (Å²) in [4.78, 5) is 4.32. The molecule has 0 fully saturated rings. The van der Waals surface area contributed by atoms with Crippen LogP contribution in [0.5, 0.6) is 0 Å². The van der Waals surface area contributed by atoms with Crippen LogP contribution >= 0.6 is 0 Å². The molecule has 2 aromatic heterocycles. The van der Waals surface area contributed by atoms with Crippen molar-refractivity contribution in [2.24, 2.45) is 0 Å². The summed E-state index contributed by atoms with van der Waals surface area (Å²) in [7, 11) is 0. The largest absolute Gasteiger partial charge is 0.499 e. The van der Waals surface area contributed by atoms with Crippen LogP contribution in [-0.4, -0.2) is 20.1 Å². The van der Waals surface area contributed by atoms with Crippen molar-refractivity contribution in [2.45, 2.75) is 46.5 Å². The molecule has 4 nitrogen and oxygen atoms in total. The van der Waals surface area contributed by atoms with Crippen LogP contribution in [0.4, 0.5) is 11.4 Å². The number of hydrogen-bond acceptors (Lipinski definition) is 2. The molecule has 6 aromatic rings. The second-order valence-electron chi connectivity index (χ2n) is 11.4. The molecule has 0 N–H and O–H groups in total. The molecule has 0 spiro atoms. The van der Waals surface area contributed by atoms with Crippen molar-refractivity contribution in [3.05, 3.63) is 138 Å². The van der Waals surface area contributed by atoms with Gasteiger partial charge >= 0.3 is 6.01 Å². The fourth-order valence-electron chi connectivity index (χ4n) is 5.34. The minimum absolute atomic E-state index is 0. The maximum absolute atomic E-state index is 6.05. The van der Waals surface area contributed by atoms with E-state index in [1.54, 1.807) is 0 Å². The number of aryl methyl sites for hydroxylation is 1. The molecule has 0 bridgehead atoms. The van der Waals surface area contributed by atoms with Gasteiger partial charge in [0, 0.05) is 43.0 Å². The third kappa shape index (κ3) is 6.42. The van der Waals surface area contributed by atoms with E-state index >= 15 is 0 Å². The van der Waals surface area contributed by atoms with Gasteiger partial charge in [-0.3, -0.25) is 0 Å². The third-order valence-electron chi connectivity index (χ3n) is 7.61. The van der Waals surface area contributed by atoms with Crippen molar-refractivity contribution in [1.82, 2.24) is 4.98 Å². The molecule has 0 amide bonds. The molecule has 221 valence electrons. The number of furan rings is 1. The first-order valence-electron chi connectivity index (χ1n) is 14.8. The molecule has 5 heteroatoms. The quantitative estimate of drug-likeness (QED) is 0.130. The third-order valence-corrected chi connectivity index (χ3v) is 7.61. The Morgan fingerprint density at radius 1 is 0.750 bits per heavy atom. The summed E-state index contributed by atoms with van der Waals surface area (Å²) in [5.41, 5.74) is 9.77. The van der Waals surface area contributed by atoms with Gasteiger partial charge in [-0.15, -0.1) is 42.0 Å². The molecule has 0 saturated heterocycles. The van der Waals surface area contributed by atoms with E-state index in [9.17, 15) is 0 Å². The van der Waals surface area contributed by atoms with Gasteiger partial charge < -0.3 is 9.40 Å². The van der Waals surface area contributed by atoms with Crippen LogP contribution in [0.25, 0.3) is 33.2 Å². The molecule has 7 rings (SSSR count). The van der Waals surface area contributed by atoms with Crippen molar-refractivity contribution in [3.8, 4) is 11.3 Å². The number of hydrogen-bond donors (Lipinski definition) is 0. The van der Waals surface area contributed by atoms with Crippen LogP contribution in [0.3, 0.4) is 0 Å². The van der Waals surface area contributed by atoms with Crippen LogP contribution in [-0.2, 0) is 20.1 Å². The van der Waals surface area contributed by atoms with E-state index in [-0.39, 0.29) is 20.1 Å². The minimum atomic E-state index is 0. The Balaban J connectivity index is 0.000000230. The SMILES string of the molecule is CC(C)c1cccc(C(C)C)c1[N+]1=C=[N+](c2[c-]cc3c(c2)oc2ccccc23)C=C1.Cc1ccc(-c2[c-]cccc2)nc1.[Ir]. The van der Waals surface area contributed by atoms with Crippen LogP contribution in [0.2, 0.25) is 0 Å². The van der Waals surface area contributed by atoms with Gasteiger partial charge in [-0.05, 0) is 41.5 Å². The van der Waals surface area contributed by atoms with Gasteiger partial charge in [-0.1, -0.05) is 96.8 Å². The molecule has 3 heterocycles. The number of nitrogens with zero attached hydrogens (tertiary/aromatic N) is 3. The summed E-state index contributed by atoms with van der Waals surface area (Å²) in [5, 5.41) is 2.20. The van der Waals surface area contributed by atoms with E-state index in [0.717, 1.165) is 38.9 Å². The molecule has 0 saturated carbocycles. The normalized spacial score (nSPS) is 12.2. The molecule has 0 aliphatic carbocycles. The maximum atomic E-state index is 6.05. The monoisotopic (exact) mass is 754 g/mol. The van der Waals surface area contributed by atoms with Gasteiger partial charge in [-0.2, -0.15) is 6.07 Å². The van der Waals surface area contributed by atoms with Gasteiger partial charge in [-0.25, -0.2) is 0 Å². The molecular formula is C39H35IrN3O. The molecule has 1 radical (unpaired) electrons. The van der Waals surface area contributed by atoms with Gasteiger partial charge in [0.05, 0.1) is 0 Å². The smallest absolute Gasteiger partial charge is 0.483 e. The van der Waals surface area contributed by atoms with Crippen molar-refractivity contribution in [1.29, 1.82) is 0 Å². The van der Waals surface area contributed by atoms with E-state index in [0.29, 0.717) is 11.8 Å². The van der Waals surface area contributed by atoms with Crippen molar-refractivity contribution in [2.75, 3.05) is 0 Å². The van der Waals surface area contributed by atoms with Gasteiger partial charge in [0.2, 0.25) is 5.69 Å². The Hall–Kier alpha value is -4.40. The van der Waals surface area contributed by atoms with Crippen molar-refractivity contribution < 1.29 is 33.7 Å². The van der Waals surface area contributed by atoms with Gasteiger partial charge in [0.25, 0.3) is 12.4 Å². The first kappa shape index (κ1) is 31.0. The minimum Gasteiger partial charge on any atom is -0.483 e. The fourth-order valence-corrected chi connectivity index (χ4v) is 5.34. The summed E-state index contributed by atoms with van der Waals surface area (Å²) in [6.45, 7) is 11.0. The van der Waals surface area contributed by atoms with Gasteiger partial charge in [0.15, 0.2) is 0 Å².